The molecule has 0 saturated carbocycles. The maximum Gasteiger partial charge on any atom is 0.253 e. The number of carbonyl (C=O) groups is 1. The first-order valence-corrected chi connectivity index (χ1v) is 8.02. The minimum absolute atomic E-state index is 0.0597. The molecular formula is C18H24N4O2. The number of aromatic nitrogens is 2. The highest BCUT2D eigenvalue weighted by molar-refractivity contribution is 5.94. The molecule has 0 spiro atoms. The van der Waals surface area contributed by atoms with Gasteiger partial charge in [-0.3, -0.25) is 9.78 Å². The van der Waals surface area contributed by atoms with Crippen LogP contribution in [0.2, 0.25) is 0 Å². The van der Waals surface area contributed by atoms with Crippen molar-refractivity contribution in [3.8, 4) is 11.6 Å². The maximum atomic E-state index is 12.5. The highest BCUT2D eigenvalue weighted by Crippen LogP contribution is 2.20. The molecule has 2 rings (SSSR count). The van der Waals surface area contributed by atoms with Gasteiger partial charge < -0.3 is 15.4 Å². The Morgan fingerprint density at radius 3 is 2.79 bits per heavy atom. The van der Waals surface area contributed by atoms with Crippen molar-refractivity contribution >= 4 is 5.91 Å². The predicted molar refractivity (Wildman–Crippen MR) is 92.9 cm³/mol. The fourth-order valence-electron chi connectivity index (χ4n) is 2.15. The summed E-state index contributed by atoms with van der Waals surface area (Å²) in [4.78, 5) is 22.2. The molecule has 0 aliphatic rings. The molecule has 0 saturated heterocycles. The minimum atomic E-state index is -0.0597. The minimum Gasteiger partial charge on any atom is -0.437 e. The summed E-state index contributed by atoms with van der Waals surface area (Å²) in [6.45, 7) is 4.78. The molecule has 6 heteroatoms. The van der Waals surface area contributed by atoms with Crippen LogP contribution in [0.4, 0.5) is 0 Å². The average Bonchev–Trinajstić information content (AvgIpc) is 2.59. The lowest BCUT2D eigenvalue weighted by molar-refractivity contribution is 0.0789. The topological polar surface area (TPSA) is 81.3 Å². The fraction of sp³-hybridized carbons (Fsp3) is 0.389. The summed E-state index contributed by atoms with van der Waals surface area (Å²) in [7, 11) is 1.78. The maximum absolute atomic E-state index is 12.5. The first-order chi connectivity index (χ1) is 11.5. The van der Waals surface area contributed by atoms with E-state index in [9.17, 15) is 4.79 Å². The van der Waals surface area contributed by atoms with Crippen LogP contribution in [0.1, 0.15) is 30.6 Å². The van der Waals surface area contributed by atoms with Gasteiger partial charge >= 0.3 is 0 Å². The Bertz CT molecular complexity index is 661. The van der Waals surface area contributed by atoms with Crippen LogP contribution in [0.15, 0.2) is 42.9 Å². The first-order valence-electron chi connectivity index (χ1n) is 8.02. The molecule has 1 unspecified atom stereocenters. The zero-order chi connectivity index (χ0) is 17.5. The number of hydrogen-bond acceptors (Lipinski definition) is 5. The number of ether oxygens (including phenoxy) is 1. The van der Waals surface area contributed by atoms with E-state index in [-0.39, 0.29) is 11.9 Å². The zero-order valence-corrected chi connectivity index (χ0v) is 14.3. The second-order valence-electron chi connectivity index (χ2n) is 6.10. The predicted octanol–water partition coefficient (Wildman–Crippen LogP) is 2.71. The van der Waals surface area contributed by atoms with Crippen LogP contribution in [0.3, 0.4) is 0 Å². The van der Waals surface area contributed by atoms with E-state index in [0.717, 1.165) is 6.42 Å². The summed E-state index contributed by atoms with van der Waals surface area (Å²) in [5, 5.41) is 0. The van der Waals surface area contributed by atoms with Crippen molar-refractivity contribution in [2.75, 3.05) is 13.6 Å². The fourth-order valence-corrected chi connectivity index (χ4v) is 2.15. The van der Waals surface area contributed by atoms with Crippen molar-refractivity contribution in [2.45, 2.75) is 26.3 Å². The highest BCUT2D eigenvalue weighted by Gasteiger charge is 2.15. The van der Waals surface area contributed by atoms with Gasteiger partial charge in [-0.05, 0) is 30.5 Å². The molecule has 1 heterocycles. The van der Waals surface area contributed by atoms with E-state index in [2.05, 4.69) is 23.8 Å². The standard InChI is InChI=1S/C18H24N4O2/c1-13(2)16(19)7-10-22(3)18(23)14-5-4-6-15(11-14)24-17-12-20-8-9-21-17/h4-6,8-9,11-13,16H,7,10,19H2,1-3H3. The molecule has 1 amide bonds. The third-order valence-electron chi connectivity index (χ3n) is 3.84. The molecule has 0 aliphatic heterocycles. The molecule has 0 aliphatic carbocycles. The number of nitrogens with two attached hydrogens (primary N) is 1. The van der Waals surface area contributed by atoms with E-state index in [4.69, 9.17) is 10.5 Å². The zero-order valence-electron chi connectivity index (χ0n) is 14.3. The van der Waals surface area contributed by atoms with Gasteiger partial charge in [-0.1, -0.05) is 19.9 Å². The van der Waals surface area contributed by atoms with E-state index in [1.165, 1.54) is 6.20 Å². The van der Waals surface area contributed by atoms with Gasteiger partial charge in [-0.15, -0.1) is 0 Å². The van der Waals surface area contributed by atoms with Crippen LogP contribution >= 0.6 is 0 Å². The van der Waals surface area contributed by atoms with E-state index in [0.29, 0.717) is 29.7 Å². The van der Waals surface area contributed by atoms with Crippen LogP contribution in [-0.2, 0) is 0 Å². The number of amides is 1. The van der Waals surface area contributed by atoms with E-state index in [1.54, 1.807) is 48.6 Å². The third-order valence-corrected chi connectivity index (χ3v) is 3.84. The van der Waals surface area contributed by atoms with Gasteiger partial charge in [0.1, 0.15) is 5.75 Å². The molecule has 2 aromatic rings. The molecular weight excluding hydrogens is 304 g/mol. The summed E-state index contributed by atoms with van der Waals surface area (Å²) < 4.78 is 5.61. The van der Waals surface area contributed by atoms with Gasteiger partial charge in [0.25, 0.3) is 5.91 Å². The van der Waals surface area contributed by atoms with Gasteiger partial charge in [0, 0.05) is 37.6 Å². The smallest absolute Gasteiger partial charge is 0.253 e. The van der Waals surface area contributed by atoms with Crippen molar-refractivity contribution < 1.29 is 9.53 Å². The molecule has 1 aromatic carbocycles. The lowest BCUT2D eigenvalue weighted by Crippen LogP contribution is -2.34. The molecule has 6 nitrogen and oxygen atoms in total. The summed E-state index contributed by atoms with van der Waals surface area (Å²) in [5.41, 5.74) is 6.61. The number of nitrogens with zero attached hydrogens (tertiary/aromatic N) is 3. The molecule has 0 radical (unpaired) electrons. The largest absolute Gasteiger partial charge is 0.437 e. The molecule has 128 valence electrons. The quantitative estimate of drug-likeness (QED) is 0.845. The lowest BCUT2D eigenvalue weighted by Gasteiger charge is -2.21. The molecule has 0 bridgehead atoms. The Balaban J connectivity index is 2.00. The molecule has 24 heavy (non-hydrogen) atoms. The van der Waals surface area contributed by atoms with E-state index in [1.807, 2.05) is 0 Å². The van der Waals surface area contributed by atoms with Crippen molar-refractivity contribution in [3.63, 3.8) is 0 Å². The van der Waals surface area contributed by atoms with Gasteiger partial charge in [-0.25, -0.2) is 4.98 Å². The number of carbonyl (C=O) groups excluding carboxylic acids is 1. The monoisotopic (exact) mass is 328 g/mol. The lowest BCUT2D eigenvalue weighted by atomic mass is 10.0. The van der Waals surface area contributed by atoms with E-state index >= 15 is 0 Å². The first kappa shape index (κ1) is 17.9. The Hall–Kier alpha value is -2.47. The second-order valence-corrected chi connectivity index (χ2v) is 6.10. The second kappa shape index (κ2) is 8.40. The van der Waals surface area contributed by atoms with Gasteiger partial charge in [0.05, 0.1) is 6.20 Å². The van der Waals surface area contributed by atoms with Crippen molar-refractivity contribution in [2.24, 2.45) is 11.7 Å². The van der Waals surface area contributed by atoms with Crippen LogP contribution < -0.4 is 10.5 Å². The Labute approximate surface area is 142 Å². The van der Waals surface area contributed by atoms with Gasteiger partial charge in [0.2, 0.25) is 5.88 Å². The molecule has 0 fully saturated rings. The summed E-state index contributed by atoms with van der Waals surface area (Å²) in [6, 6.07) is 7.12. The molecule has 1 aromatic heterocycles. The number of hydrogen-bond donors (Lipinski definition) is 1. The Morgan fingerprint density at radius 1 is 1.33 bits per heavy atom. The van der Waals surface area contributed by atoms with Crippen molar-refractivity contribution in [1.29, 1.82) is 0 Å². The van der Waals surface area contributed by atoms with E-state index < -0.39 is 0 Å². The van der Waals surface area contributed by atoms with Gasteiger partial charge in [-0.2, -0.15) is 0 Å². The van der Waals surface area contributed by atoms with Crippen LogP contribution in [0.5, 0.6) is 11.6 Å². The molecule has 2 N–H and O–H groups in total. The van der Waals surface area contributed by atoms with Crippen LogP contribution in [0, 0.1) is 5.92 Å². The number of rotatable bonds is 7. The Kier molecular flexibility index (Phi) is 6.26. The summed E-state index contributed by atoms with van der Waals surface area (Å²) in [6.07, 6.45) is 5.42. The third kappa shape index (κ3) is 5.03. The summed E-state index contributed by atoms with van der Waals surface area (Å²) >= 11 is 0. The summed E-state index contributed by atoms with van der Waals surface area (Å²) in [5.74, 6) is 1.28. The van der Waals surface area contributed by atoms with Gasteiger partial charge in [0.15, 0.2) is 0 Å². The molecule has 1 atom stereocenters. The highest BCUT2D eigenvalue weighted by atomic mass is 16.5. The van der Waals surface area contributed by atoms with Crippen molar-refractivity contribution in [1.82, 2.24) is 14.9 Å². The average molecular weight is 328 g/mol. The van der Waals surface area contributed by atoms with Crippen LogP contribution in [0.25, 0.3) is 0 Å². The van der Waals surface area contributed by atoms with Crippen molar-refractivity contribution in [3.05, 3.63) is 48.4 Å². The Morgan fingerprint density at radius 2 is 2.12 bits per heavy atom. The normalized spacial score (nSPS) is 12.0. The van der Waals surface area contributed by atoms with Crippen LogP contribution in [-0.4, -0.2) is 40.4 Å². The number of benzene rings is 1. The SMILES string of the molecule is CC(C)C(N)CCN(C)C(=O)c1cccc(Oc2cnccn2)c1.